The molecule has 0 fully saturated rings. The van der Waals surface area contributed by atoms with Gasteiger partial charge in [0, 0.05) is 11.1 Å². The van der Waals surface area contributed by atoms with Crippen LogP contribution >= 0.6 is 0 Å². The SMILES string of the molecule is Nc1nc(Nc2cccc(C(F)(F)F)c2)nc(-c2cc3ccccc3o2)n1. The summed E-state index contributed by atoms with van der Waals surface area (Å²) in [6.07, 6.45) is -4.45. The topological polar surface area (TPSA) is 89.9 Å². The van der Waals surface area contributed by atoms with Crippen molar-refractivity contribution >= 4 is 28.6 Å². The van der Waals surface area contributed by atoms with E-state index in [0.29, 0.717) is 11.3 Å². The van der Waals surface area contributed by atoms with Crippen molar-refractivity contribution in [1.29, 1.82) is 0 Å². The van der Waals surface area contributed by atoms with E-state index in [1.54, 1.807) is 12.1 Å². The maximum absolute atomic E-state index is 12.9. The smallest absolute Gasteiger partial charge is 0.416 e. The van der Waals surface area contributed by atoms with Crippen LogP contribution < -0.4 is 11.1 Å². The fraction of sp³-hybridized carbons (Fsp3) is 0.0556. The minimum absolute atomic E-state index is 0.0114. The van der Waals surface area contributed by atoms with E-state index in [9.17, 15) is 13.2 Å². The molecule has 27 heavy (non-hydrogen) atoms. The molecule has 0 aliphatic rings. The first-order valence-electron chi connectivity index (χ1n) is 7.83. The Labute approximate surface area is 150 Å². The molecule has 0 radical (unpaired) electrons. The summed E-state index contributed by atoms with van der Waals surface area (Å²) in [5.41, 5.74) is 5.76. The summed E-state index contributed by atoms with van der Waals surface area (Å²) in [4.78, 5) is 12.2. The molecule has 0 spiro atoms. The van der Waals surface area contributed by atoms with Gasteiger partial charge in [0.1, 0.15) is 5.58 Å². The van der Waals surface area contributed by atoms with E-state index in [4.69, 9.17) is 10.2 Å². The third kappa shape index (κ3) is 3.52. The van der Waals surface area contributed by atoms with E-state index in [0.717, 1.165) is 17.5 Å². The van der Waals surface area contributed by atoms with Crippen molar-refractivity contribution in [1.82, 2.24) is 15.0 Å². The zero-order chi connectivity index (χ0) is 19.0. The lowest BCUT2D eigenvalue weighted by Gasteiger charge is -2.10. The predicted octanol–water partition coefficient (Wildman–Crippen LogP) is 4.63. The van der Waals surface area contributed by atoms with Crippen molar-refractivity contribution in [2.24, 2.45) is 0 Å². The van der Waals surface area contributed by atoms with Gasteiger partial charge < -0.3 is 15.5 Å². The van der Waals surface area contributed by atoms with Crippen LogP contribution in [0.4, 0.5) is 30.8 Å². The molecule has 0 aliphatic carbocycles. The van der Waals surface area contributed by atoms with Gasteiger partial charge in [-0.1, -0.05) is 24.3 Å². The molecule has 4 aromatic rings. The normalized spacial score (nSPS) is 11.7. The van der Waals surface area contributed by atoms with Gasteiger partial charge in [0.25, 0.3) is 0 Å². The summed E-state index contributed by atoms with van der Waals surface area (Å²) in [5.74, 6) is 0.470. The van der Waals surface area contributed by atoms with Crippen LogP contribution in [-0.2, 0) is 6.18 Å². The number of benzene rings is 2. The number of anilines is 3. The van der Waals surface area contributed by atoms with Gasteiger partial charge in [0.2, 0.25) is 17.7 Å². The van der Waals surface area contributed by atoms with Crippen molar-refractivity contribution in [3.05, 3.63) is 60.2 Å². The van der Waals surface area contributed by atoms with Crippen LogP contribution in [0.2, 0.25) is 0 Å². The zero-order valence-electron chi connectivity index (χ0n) is 13.7. The average molecular weight is 371 g/mol. The van der Waals surface area contributed by atoms with Gasteiger partial charge in [-0.15, -0.1) is 0 Å². The third-order valence-corrected chi connectivity index (χ3v) is 3.74. The first-order chi connectivity index (χ1) is 12.9. The second-order valence-corrected chi connectivity index (χ2v) is 5.69. The van der Waals surface area contributed by atoms with E-state index < -0.39 is 11.7 Å². The molecular formula is C18H12F3N5O. The Hall–Kier alpha value is -3.62. The van der Waals surface area contributed by atoms with Gasteiger partial charge in [-0.05, 0) is 30.3 Å². The minimum atomic E-state index is -4.45. The molecule has 2 heterocycles. The largest absolute Gasteiger partial charge is 0.453 e. The van der Waals surface area contributed by atoms with Gasteiger partial charge >= 0.3 is 6.18 Å². The molecule has 9 heteroatoms. The Morgan fingerprint density at radius 1 is 0.926 bits per heavy atom. The highest BCUT2D eigenvalue weighted by Crippen LogP contribution is 2.31. The molecule has 3 N–H and O–H groups in total. The van der Waals surface area contributed by atoms with Gasteiger partial charge in [-0.2, -0.15) is 28.1 Å². The van der Waals surface area contributed by atoms with E-state index >= 15 is 0 Å². The third-order valence-electron chi connectivity index (χ3n) is 3.74. The summed E-state index contributed by atoms with van der Waals surface area (Å²) >= 11 is 0. The Bertz CT molecular complexity index is 1090. The number of hydrogen-bond acceptors (Lipinski definition) is 6. The van der Waals surface area contributed by atoms with Crippen molar-refractivity contribution in [2.75, 3.05) is 11.1 Å². The Morgan fingerprint density at radius 3 is 2.52 bits per heavy atom. The molecule has 0 saturated carbocycles. The molecule has 0 amide bonds. The highest BCUT2D eigenvalue weighted by Gasteiger charge is 2.30. The van der Waals surface area contributed by atoms with Gasteiger partial charge in [-0.3, -0.25) is 0 Å². The number of para-hydroxylation sites is 1. The number of rotatable bonds is 3. The molecule has 0 saturated heterocycles. The number of alkyl halides is 3. The van der Waals surface area contributed by atoms with Gasteiger partial charge in [0.05, 0.1) is 5.56 Å². The fourth-order valence-corrected chi connectivity index (χ4v) is 2.55. The quantitative estimate of drug-likeness (QED) is 0.546. The number of furan rings is 1. The Morgan fingerprint density at radius 2 is 1.74 bits per heavy atom. The lowest BCUT2D eigenvalue weighted by molar-refractivity contribution is -0.137. The number of fused-ring (bicyclic) bond motifs is 1. The minimum Gasteiger partial charge on any atom is -0.453 e. The molecule has 4 rings (SSSR count). The molecule has 0 unspecified atom stereocenters. The Kier molecular flexibility index (Phi) is 3.91. The monoisotopic (exact) mass is 371 g/mol. The molecule has 0 bridgehead atoms. The Balaban J connectivity index is 1.69. The van der Waals surface area contributed by atoms with Crippen molar-refractivity contribution < 1.29 is 17.6 Å². The van der Waals surface area contributed by atoms with E-state index in [-0.39, 0.29) is 23.4 Å². The highest BCUT2D eigenvalue weighted by atomic mass is 19.4. The molecular weight excluding hydrogens is 359 g/mol. The molecule has 2 aromatic carbocycles. The number of aromatic nitrogens is 3. The standard InChI is InChI=1S/C18H12F3N5O/c19-18(20,21)11-5-3-6-12(9-11)23-17-25-15(24-16(22)26-17)14-8-10-4-1-2-7-13(10)27-14/h1-9H,(H3,22,23,24,25,26). The fourth-order valence-electron chi connectivity index (χ4n) is 2.55. The number of hydrogen-bond donors (Lipinski definition) is 2. The lowest BCUT2D eigenvalue weighted by atomic mass is 10.2. The molecule has 2 aromatic heterocycles. The van der Waals surface area contributed by atoms with Crippen LogP contribution in [0.25, 0.3) is 22.6 Å². The van der Waals surface area contributed by atoms with E-state index in [2.05, 4.69) is 20.3 Å². The number of nitrogens with zero attached hydrogens (tertiary/aromatic N) is 3. The summed E-state index contributed by atoms with van der Waals surface area (Å²) < 4.78 is 44.3. The number of nitrogens with one attached hydrogen (secondary N) is 1. The van der Waals surface area contributed by atoms with Crippen LogP contribution in [-0.4, -0.2) is 15.0 Å². The van der Waals surface area contributed by atoms with Crippen molar-refractivity contribution in [2.45, 2.75) is 6.18 Å². The highest BCUT2D eigenvalue weighted by molar-refractivity contribution is 5.81. The summed E-state index contributed by atoms with van der Waals surface area (Å²) in [6.45, 7) is 0. The maximum atomic E-state index is 12.9. The molecule has 0 atom stereocenters. The van der Waals surface area contributed by atoms with Crippen LogP contribution in [0.5, 0.6) is 0 Å². The molecule has 0 aliphatic heterocycles. The van der Waals surface area contributed by atoms with Crippen LogP contribution in [0, 0.1) is 0 Å². The summed E-state index contributed by atoms with van der Waals surface area (Å²) in [6, 6.07) is 13.8. The average Bonchev–Trinajstić information content (AvgIpc) is 3.05. The maximum Gasteiger partial charge on any atom is 0.416 e. The van der Waals surface area contributed by atoms with Crippen LogP contribution in [0.15, 0.2) is 59.0 Å². The summed E-state index contributed by atoms with van der Waals surface area (Å²) in [7, 11) is 0. The second-order valence-electron chi connectivity index (χ2n) is 5.69. The van der Waals surface area contributed by atoms with Gasteiger partial charge in [-0.25, -0.2) is 0 Å². The van der Waals surface area contributed by atoms with Crippen molar-refractivity contribution in [3.63, 3.8) is 0 Å². The first-order valence-corrected chi connectivity index (χ1v) is 7.83. The van der Waals surface area contributed by atoms with E-state index in [1.807, 2.05) is 18.2 Å². The number of nitrogen functional groups attached to an aromatic ring is 1. The predicted molar refractivity (Wildman–Crippen MR) is 94.2 cm³/mol. The molecule has 136 valence electrons. The number of nitrogens with two attached hydrogens (primary N) is 1. The zero-order valence-corrected chi connectivity index (χ0v) is 13.7. The van der Waals surface area contributed by atoms with Crippen LogP contribution in [0.3, 0.4) is 0 Å². The van der Waals surface area contributed by atoms with Crippen molar-refractivity contribution in [3.8, 4) is 11.6 Å². The van der Waals surface area contributed by atoms with E-state index in [1.165, 1.54) is 12.1 Å². The van der Waals surface area contributed by atoms with Crippen LogP contribution in [0.1, 0.15) is 5.56 Å². The molecule has 6 nitrogen and oxygen atoms in total. The summed E-state index contributed by atoms with van der Waals surface area (Å²) in [5, 5.41) is 3.58. The second kappa shape index (κ2) is 6.27. The van der Waals surface area contributed by atoms with Gasteiger partial charge in [0.15, 0.2) is 5.76 Å². The first kappa shape index (κ1) is 16.8. The lowest BCUT2D eigenvalue weighted by Crippen LogP contribution is -2.07. The number of halogens is 3.